The third-order valence-corrected chi connectivity index (χ3v) is 5.83. The standard InChI is InChI=1S/C20H30N2O3S/c1-17-10-12-19(13-11-17)22(26(2,24)25)16-6-9-20(23)21-15-14-18-7-4-3-5-8-18/h7,10-13H,3-6,8-9,14-16H2,1-2H3,(H,21,23). The molecule has 0 aromatic heterocycles. The van der Waals surface area contributed by atoms with E-state index in [0.29, 0.717) is 31.6 Å². The fourth-order valence-corrected chi connectivity index (χ4v) is 4.13. The Labute approximate surface area is 157 Å². The Hall–Kier alpha value is -1.82. The molecule has 1 N–H and O–H groups in total. The van der Waals surface area contributed by atoms with Gasteiger partial charge in [0.25, 0.3) is 0 Å². The predicted molar refractivity (Wildman–Crippen MR) is 107 cm³/mol. The highest BCUT2D eigenvalue weighted by atomic mass is 32.2. The van der Waals surface area contributed by atoms with E-state index < -0.39 is 10.0 Å². The molecule has 144 valence electrons. The Morgan fingerprint density at radius 2 is 1.92 bits per heavy atom. The fourth-order valence-electron chi connectivity index (χ4n) is 3.16. The van der Waals surface area contributed by atoms with E-state index in [0.717, 1.165) is 24.8 Å². The average Bonchev–Trinajstić information content (AvgIpc) is 2.60. The van der Waals surface area contributed by atoms with Crippen molar-refractivity contribution in [3.8, 4) is 0 Å². The molecule has 6 heteroatoms. The number of anilines is 1. The van der Waals surface area contributed by atoms with Crippen LogP contribution in [0.4, 0.5) is 5.69 Å². The second kappa shape index (κ2) is 9.76. The molecule has 0 saturated carbocycles. The summed E-state index contributed by atoms with van der Waals surface area (Å²) in [5.74, 6) is -0.0150. The topological polar surface area (TPSA) is 66.5 Å². The molecule has 2 rings (SSSR count). The highest BCUT2D eigenvalue weighted by Gasteiger charge is 2.17. The molecular weight excluding hydrogens is 348 g/mol. The first kappa shape index (κ1) is 20.5. The van der Waals surface area contributed by atoms with E-state index in [-0.39, 0.29) is 5.91 Å². The first-order valence-corrected chi connectivity index (χ1v) is 11.2. The van der Waals surface area contributed by atoms with Crippen molar-refractivity contribution in [1.29, 1.82) is 0 Å². The van der Waals surface area contributed by atoms with Crippen LogP contribution in [0.5, 0.6) is 0 Å². The van der Waals surface area contributed by atoms with Crippen LogP contribution in [0.15, 0.2) is 35.9 Å². The van der Waals surface area contributed by atoms with Crippen molar-refractivity contribution in [2.75, 3.05) is 23.7 Å². The molecule has 5 nitrogen and oxygen atoms in total. The van der Waals surface area contributed by atoms with Gasteiger partial charge in [-0.1, -0.05) is 29.3 Å². The molecule has 1 aliphatic rings. The molecule has 1 amide bonds. The molecule has 0 unspecified atom stereocenters. The van der Waals surface area contributed by atoms with Gasteiger partial charge in [-0.3, -0.25) is 9.10 Å². The van der Waals surface area contributed by atoms with Crippen LogP contribution < -0.4 is 9.62 Å². The number of carbonyl (C=O) groups is 1. The first-order valence-electron chi connectivity index (χ1n) is 9.35. The van der Waals surface area contributed by atoms with Gasteiger partial charge in [0.05, 0.1) is 11.9 Å². The van der Waals surface area contributed by atoms with E-state index in [2.05, 4.69) is 11.4 Å². The summed E-state index contributed by atoms with van der Waals surface area (Å²) in [6, 6.07) is 7.38. The molecular formula is C20H30N2O3S. The summed E-state index contributed by atoms with van der Waals surface area (Å²) in [6.45, 7) is 2.93. The molecule has 0 radical (unpaired) electrons. The van der Waals surface area contributed by atoms with Crippen LogP contribution in [0.1, 0.15) is 50.5 Å². The lowest BCUT2D eigenvalue weighted by atomic mass is 9.97. The van der Waals surface area contributed by atoms with Crippen molar-refractivity contribution in [3.05, 3.63) is 41.5 Å². The monoisotopic (exact) mass is 378 g/mol. The number of allylic oxidation sites excluding steroid dienone is 1. The SMILES string of the molecule is Cc1ccc(N(CCCC(=O)NCCC2=CCCCC2)S(C)(=O)=O)cc1. The Balaban J connectivity index is 1.77. The molecule has 1 aliphatic carbocycles. The van der Waals surface area contributed by atoms with Crippen molar-refractivity contribution >= 4 is 21.6 Å². The van der Waals surface area contributed by atoms with Crippen molar-refractivity contribution in [3.63, 3.8) is 0 Å². The van der Waals surface area contributed by atoms with Gasteiger partial charge >= 0.3 is 0 Å². The number of carbonyl (C=O) groups excluding carboxylic acids is 1. The Morgan fingerprint density at radius 3 is 2.54 bits per heavy atom. The first-order chi connectivity index (χ1) is 12.4. The number of benzene rings is 1. The number of hydrogen-bond acceptors (Lipinski definition) is 3. The third-order valence-electron chi connectivity index (χ3n) is 4.64. The minimum atomic E-state index is -3.37. The molecule has 0 heterocycles. The van der Waals surface area contributed by atoms with Gasteiger partial charge in [-0.25, -0.2) is 8.42 Å². The lowest BCUT2D eigenvalue weighted by Gasteiger charge is -2.22. The zero-order chi connectivity index (χ0) is 19.0. The molecule has 0 spiro atoms. The van der Waals surface area contributed by atoms with E-state index in [1.54, 1.807) is 12.1 Å². The van der Waals surface area contributed by atoms with Crippen molar-refractivity contribution in [1.82, 2.24) is 5.32 Å². The van der Waals surface area contributed by atoms with Gasteiger partial charge in [0, 0.05) is 19.5 Å². The zero-order valence-corrected chi connectivity index (χ0v) is 16.6. The highest BCUT2D eigenvalue weighted by molar-refractivity contribution is 7.92. The van der Waals surface area contributed by atoms with Crippen LogP contribution in [0.2, 0.25) is 0 Å². The summed E-state index contributed by atoms with van der Waals surface area (Å²) >= 11 is 0. The molecule has 0 saturated heterocycles. The van der Waals surface area contributed by atoms with Gasteiger partial charge in [-0.15, -0.1) is 0 Å². The summed E-state index contributed by atoms with van der Waals surface area (Å²) < 4.78 is 25.5. The maximum absolute atomic E-state index is 12.1. The number of amides is 1. The number of nitrogens with one attached hydrogen (secondary N) is 1. The maximum Gasteiger partial charge on any atom is 0.232 e. The van der Waals surface area contributed by atoms with E-state index in [4.69, 9.17) is 0 Å². The van der Waals surface area contributed by atoms with E-state index in [9.17, 15) is 13.2 Å². The fraction of sp³-hybridized carbons (Fsp3) is 0.550. The lowest BCUT2D eigenvalue weighted by molar-refractivity contribution is -0.121. The molecule has 1 aromatic carbocycles. The van der Waals surface area contributed by atoms with E-state index in [1.807, 2.05) is 19.1 Å². The number of rotatable bonds is 9. The smallest absolute Gasteiger partial charge is 0.232 e. The Bertz CT molecular complexity index is 724. The van der Waals surface area contributed by atoms with Gasteiger partial charge in [0.15, 0.2) is 0 Å². The summed E-state index contributed by atoms with van der Waals surface area (Å²) in [5, 5.41) is 2.94. The van der Waals surface area contributed by atoms with Crippen LogP contribution >= 0.6 is 0 Å². The van der Waals surface area contributed by atoms with Crippen LogP contribution in [-0.2, 0) is 14.8 Å². The van der Waals surface area contributed by atoms with Crippen molar-refractivity contribution < 1.29 is 13.2 Å². The molecule has 1 aromatic rings. The predicted octanol–water partition coefficient (Wildman–Crippen LogP) is 3.55. The Morgan fingerprint density at radius 1 is 1.19 bits per heavy atom. The van der Waals surface area contributed by atoms with E-state index in [1.165, 1.54) is 29.0 Å². The Kier molecular flexibility index (Phi) is 7.69. The second-order valence-corrected chi connectivity index (χ2v) is 8.89. The number of nitrogens with zero attached hydrogens (tertiary/aromatic N) is 1. The minimum Gasteiger partial charge on any atom is -0.356 e. The van der Waals surface area contributed by atoms with Crippen molar-refractivity contribution in [2.24, 2.45) is 0 Å². The maximum atomic E-state index is 12.1. The molecule has 0 bridgehead atoms. The van der Waals surface area contributed by atoms with Crippen LogP contribution in [-0.4, -0.2) is 33.7 Å². The van der Waals surface area contributed by atoms with Crippen LogP contribution in [0.25, 0.3) is 0 Å². The molecule has 26 heavy (non-hydrogen) atoms. The van der Waals surface area contributed by atoms with Crippen molar-refractivity contribution in [2.45, 2.75) is 51.9 Å². The number of aryl methyl sites for hydroxylation is 1. The normalized spacial score (nSPS) is 14.6. The summed E-state index contributed by atoms with van der Waals surface area (Å²) in [4.78, 5) is 12.0. The zero-order valence-electron chi connectivity index (χ0n) is 15.8. The third kappa shape index (κ3) is 6.83. The largest absolute Gasteiger partial charge is 0.356 e. The van der Waals surface area contributed by atoms with Gasteiger partial charge < -0.3 is 5.32 Å². The van der Waals surface area contributed by atoms with Gasteiger partial charge in [-0.05, 0) is 57.6 Å². The van der Waals surface area contributed by atoms with Gasteiger partial charge in [0.2, 0.25) is 15.9 Å². The molecule has 0 aliphatic heterocycles. The molecule has 0 fully saturated rings. The number of sulfonamides is 1. The molecule has 0 atom stereocenters. The van der Waals surface area contributed by atoms with Gasteiger partial charge in [-0.2, -0.15) is 0 Å². The summed E-state index contributed by atoms with van der Waals surface area (Å²) in [5.41, 5.74) is 3.16. The van der Waals surface area contributed by atoms with Gasteiger partial charge in [0.1, 0.15) is 0 Å². The lowest BCUT2D eigenvalue weighted by Crippen LogP contribution is -2.32. The highest BCUT2D eigenvalue weighted by Crippen LogP contribution is 2.20. The van der Waals surface area contributed by atoms with Crippen LogP contribution in [0.3, 0.4) is 0 Å². The van der Waals surface area contributed by atoms with E-state index >= 15 is 0 Å². The minimum absolute atomic E-state index is 0.0150. The van der Waals surface area contributed by atoms with Crippen LogP contribution in [0, 0.1) is 6.92 Å². The number of hydrogen-bond donors (Lipinski definition) is 1. The average molecular weight is 379 g/mol. The second-order valence-electron chi connectivity index (χ2n) is 6.98. The quantitative estimate of drug-likeness (QED) is 0.668. The summed E-state index contributed by atoms with van der Waals surface area (Å²) in [7, 11) is -3.37. The summed E-state index contributed by atoms with van der Waals surface area (Å²) in [6.07, 6.45) is 10.1.